The summed E-state index contributed by atoms with van der Waals surface area (Å²) in [5.74, 6) is 0.919. The molecule has 0 spiro atoms. The van der Waals surface area contributed by atoms with Gasteiger partial charge in [-0.2, -0.15) is 0 Å². The molecule has 1 heterocycles. The monoisotopic (exact) mass is 367 g/mol. The van der Waals surface area contributed by atoms with E-state index in [4.69, 9.17) is 9.47 Å². The number of urea groups is 1. The Morgan fingerprint density at radius 3 is 2.41 bits per heavy atom. The van der Waals surface area contributed by atoms with Gasteiger partial charge in [-0.15, -0.1) is 0 Å². The molecule has 0 aliphatic carbocycles. The van der Waals surface area contributed by atoms with Gasteiger partial charge in [-0.25, -0.2) is 4.79 Å². The van der Waals surface area contributed by atoms with E-state index in [2.05, 4.69) is 16.0 Å². The number of carbonyl (C=O) groups is 2. The molecular weight excluding hydrogens is 346 g/mol. The van der Waals surface area contributed by atoms with Crippen molar-refractivity contribution in [3.05, 3.63) is 65.4 Å². The molecule has 0 saturated carbocycles. The van der Waals surface area contributed by atoms with Crippen molar-refractivity contribution in [2.45, 2.75) is 13.0 Å². The molecule has 0 saturated heterocycles. The average Bonchev–Trinajstić information content (AvgIpc) is 2.67. The van der Waals surface area contributed by atoms with E-state index in [1.54, 1.807) is 44.4 Å². The number of amides is 3. The molecule has 3 N–H and O–H groups in total. The topological polar surface area (TPSA) is 88.7 Å². The van der Waals surface area contributed by atoms with Crippen LogP contribution < -0.4 is 25.4 Å². The molecule has 0 aromatic heterocycles. The molecule has 1 aliphatic heterocycles. The van der Waals surface area contributed by atoms with Crippen molar-refractivity contribution < 1.29 is 19.1 Å². The Bertz CT molecular complexity index is 890. The molecular formula is C20H21N3O4. The van der Waals surface area contributed by atoms with Crippen LogP contribution in [0.3, 0.4) is 0 Å². The summed E-state index contributed by atoms with van der Waals surface area (Å²) >= 11 is 0. The Balaban J connectivity index is 1.94. The summed E-state index contributed by atoms with van der Waals surface area (Å²) in [5.41, 5.74) is 2.24. The third kappa shape index (κ3) is 3.87. The minimum absolute atomic E-state index is 0.328. The standard InChI is InChI=1S/C20H21N3O4/c1-12-17(19(24)22-15-6-4-5-7-16(15)27-3)18(23-20(25)21-12)13-8-10-14(26-2)11-9-13/h4-11,18H,1-3H3,(H,22,24)(H2,21,23,25). The maximum absolute atomic E-state index is 13.0. The summed E-state index contributed by atoms with van der Waals surface area (Å²) in [5, 5.41) is 8.33. The van der Waals surface area contributed by atoms with E-state index >= 15 is 0 Å². The van der Waals surface area contributed by atoms with E-state index in [1.165, 1.54) is 7.11 Å². The Labute approximate surface area is 157 Å². The first-order valence-electron chi connectivity index (χ1n) is 8.40. The second-order valence-electron chi connectivity index (χ2n) is 6.00. The van der Waals surface area contributed by atoms with Crippen molar-refractivity contribution in [3.63, 3.8) is 0 Å². The summed E-state index contributed by atoms with van der Waals surface area (Å²) in [6, 6.07) is 13.4. The van der Waals surface area contributed by atoms with Crippen LogP contribution in [-0.2, 0) is 4.79 Å². The van der Waals surface area contributed by atoms with Gasteiger partial charge < -0.3 is 25.4 Å². The molecule has 3 amide bonds. The molecule has 0 radical (unpaired) electrons. The maximum Gasteiger partial charge on any atom is 0.319 e. The Kier molecular flexibility index (Phi) is 5.30. The van der Waals surface area contributed by atoms with Crippen LogP contribution in [0.2, 0.25) is 0 Å². The molecule has 7 nitrogen and oxygen atoms in total. The zero-order chi connectivity index (χ0) is 19.4. The van der Waals surface area contributed by atoms with Gasteiger partial charge in [0, 0.05) is 5.70 Å². The number of carbonyl (C=O) groups excluding carboxylic acids is 2. The highest BCUT2D eigenvalue weighted by molar-refractivity contribution is 6.07. The smallest absolute Gasteiger partial charge is 0.319 e. The lowest BCUT2D eigenvalue weighted by atomic mass is 9.94. The molecule has 1 atom stereocenters. The minimum Gasteiger partial charge on any atom is -0.497 e. The lowest BCUT2D eigenvalue weighted by molar-refractivity contribution is -0.113. The fourth-order valence-corrected chi connectivity index (χ4v) is 2.98. The van der Waals surface area contributed by atoms with Gasteiger partial charge in [0.25, 0.3) is 5.91 Å². The van der Waals surface area contributed by atoms with Crippen LogP contribution >= 0.6 is 0 Å². The minimum atomic E-state index is -0.584. The second kappa shape index (κ2) is 7.82. The van der Waals surface area contributed by atoms with Gasteiger partial charge >= 0.3 is 6.03 Å². The van der Waals surface area contributed by atoms with E-state index in [-0.39, 0.29) is 11.9 Å². The van der Waals surface area contributed by atoms with E-state index in [0.29, 0.717) is 28.5 Å². The SMILES string of the molecule is COc1ccc(C2NC(=O)NC(C)=C2C(=O)Nc2ccccc2OC)cc1. The normalized spacial score (nSPS) is 16.3. The van der Waals surface area contributed by atoms with Gasteiger partial charge in [-0.3, -0.25) is 4.79 Å². The number of ether oxygens (including phenoxy) is 2. The van der Waals surface area contributed by atoms with Crippen molar-refractivity contribution in [2.24, 2.45) is 0 Å². The molecule has 140 valence electrons. The Hall–Kier alpha value is -3.48. The first kappa shape index (κ1) is 18.3. The van der Waals surface area contributed by atoms with Gasteiger partial charge in [0.2, 0.25) is 0 Å². The number of benzene rings is 2. The first-order valence-corrected chi connectivity index (χ1v) is 8.40. The summed E-state index contributed by atoms with van der Waals surface area (Å²) in [4.78, 5) is 25.0. The lowest BCUT2D eigenvalue weighted by Crippen LogP contribution is -2.45. The van der Waals surface area contributed by atoms with E-state index in [1.807, 2.05) is 18.2 Å². The number of methoxy groups -OCH3 is 2. The largest absolute Gasteiger partial charge is 0.497 e. The van der Waals surface area contributed by atoms with Crippen LogP contribution in [0.15, 0.2) is 59.8 Å². The Morgan fingerprint density at radius 2 is 1.74 bits per heavy atom. The molecule has 2 aromatic rings. The van der Waals surface area contributed by atoms with Crippen LogP contribution in [0.1, 0.15) is 18.5 Å². The van der Waals surface area contributed by atoms with E-state index in [0.717, 1.165) is 5.56 Å². The van der Waals surface area contributed by atoms with Gasteiger partial charge in [0.1, 0.15) is 11.5 Å². The summed E-state index contributed by atoms with van der Waals surface area (Å²) in [6.45, 7) is 1.70. The van der Waals surface area contributed by atoms with Crippen molar-refractivity contribution in [1.82, 2.24) is 10.6 Å². The van der Waals surface area contributed by atoms with Crippen molar-refractivity contribution in [1.29, 1.82) is 0 Å². The van der Waals surface area contributed by atoms with Crippen molar-refractivity contribution in [3.8, 4) is 11.5 Å². The van der Waals surface area contributed by atoms with Crippen molar-refractivity contribution in [2.75, 3.05) is 19.5 Å². The van der Waals surface area contributed by atoms with E-state index < -0.39 is 6.04 Å². The third-order valence-corrected chi connectivity index (χ3v) is 4.32. The zero-order valence-corrected chi connectivity index (χ0v) is 15.3. The molecule has 7 heteroatoms. The van der Waals surface area contributed by atoms with Gasteiger partial charge in [-0.05, 0) is 36.8 Å². The number of hydrogen-bond donors (Lipinski definition) is 3. The van der Waals surface area contributed by atoms with E-state index in [9.17, 15) is 9.59 Å². The number of rotatable bonds is 5. The predicted molar refractivity (Wildman–Crippen MR) is 102 cm³/mol. The highest BCUT2D eigenvalue weighted by Crippen LogP contribution is 2.30. The number of anilines is 1. The van der Waals surface area contributed by atoms with Gasteiger partial charge in [-0.1, -0.05) is 24.3 Å². The summed E-state index contributed by atoms with van der Waals surface area (Å²) < 4.78 is 10.5. The predicted octanol–water partition coefficient (Wildman–Crippen LogP) is 2.97. The highest BCUT2D eigenvalue weighted by atomic mass is 16.5. The van der Waals surface area contributed by atoms with Crippen LogP contribution in [0, 0.1) is 0 Å². The van der Waals surface area contributed by atoms with Gasteiger partial charge in [0.15, 0.2) is 0 Å². The Morgan fingerprint density at radius 1 is 1.04 bits per heavy atom. The number of nitrogens with one attached hydrogen (secondary N) is 3. The second-order valence-corrected chi connectivity index (χ2v) is 6.00. The molecule has 0 bridgehead atoms. The number of para-hydroxylation sites is 2. The fourth-order valence-electron chi connectivity index (χ4n) is 2.98. The summed E-state index contributed by atoms with van der Waals surface area (Å²) in [7, 11) is 3.12. The molecule has 2 aromatic carbocycles. The van der Waals surface area contributed by atoms with Gasteiger partial charge in [0.05, 0.1) is 31.5 Å². The number of allylic oxidation sites excluding steroid dienone is 1. The van der Waals surface area contributed by atoms with Crippen LogP contribution in [-0.4, -0.2) is 26.2 Å². The first-order chi connectivity index (χ1) is 13.0. The molecule has 0 fully saturated rings. The molecule has 1 aliphatic rings. The summed E-state index contributed by atoms with van der Waals surface area (Å²) in [6.07, 6.45) is 0. The number of hydrogen-bond acceptors (Lipinski definition) is 4. The molecule has 1 unspecified atom stereocenters. The molecule has 27 heavy (non-hydrogen) atoms. The van der Waals surface area contributed by atoms with Crippen LogP contribution in [0.4, 0.5) is 10.5 Å². The maximum atomic E-state index is 13.0. The average molecular weight is 367 g/mol. The van der Waals surface area contributed by atoms with Crippen molar-refractivity contribution >= 4 is 17.6 Å². The third-order valence-electron chi connectivity index (χ3n) is 4.32. The zero-order valence-electron chi connectivity index (χ0n) is 15.3. The van der Waals surface area contributed by atoms with Crippen LogP contribution in [0.25, 0.3) is 0 Å². The quantitative estimate of drug-likeness (QED) is 0.758. The lowest BCUT2D eigenvalue weighted by Gasteiger charge is -2.29. The highest BCUT2D eigenvalue weighted by Gasteiger charge is 2.31. The molecule has 3 rings (SSSR count). The fraction of sp³-hybridized carbons (Fsp3) is 0.200. The van der Waals surface area contributed by atoms with Crippen LogP contribution in [0.5, 0.6) is 11.5 Å².